The number of hydrogen-bond donors (Lipinski definition) is 1. The van der Waals surface area contributed by atoms with Crippen LogP contribution in [0, 0.1) is 5.92 Å². The van der Waals surface area contributed by atoms with Crippen molar-refractivity contribution in [3.05, 3.63) is 29.8 Å². The molecule has 0 heterocycles. The Hall–Kier alpha value is -1.84. The molecule has 1 atom stereocenters. The molecule has 1 rings (SSSR count). The van der Waals surface area contributed by atoms with Crippen LogP contribution >= 0.6 is 0 Å². The Labute approximate surface area is 100 Å². The van der Waals surface area contributed by atoms with Crippen molar-refractivity contribution in [2.75, 3.05) is 0 Å². The average molecular weight is 236 g/mol. The summed E-state index contributed by atoms with van der Waals surface area (Å²) in [7, 11) is 0. The molecule has 1 aromatic carbocycles. The summed E-state index contributed by atoms with van der Waals surface area (Å²) in [5, 5.41) is 9.22. The zero-order chi connectivity index (χ0) is 13.0. The van der Waals surface area contributed by atoms with E-state index in [0.29, 0.717) is 11.3 Å². The van der Waals surface area contributed by atoms with Crippen molar-refractivity contribution in [3.8, 4) is 5.75 Å². The quantitative estimate of drug-likeness (QED) is 0.644. The lowest BCUT2D eigenvalue weighted by Gasteiger charge is -2.19. The molecule has 0 aliphatic rings. The predicted molar refractivity (Wildman–Crippen MR) is 63.0 cm³/mol. The number of carboxylic acid groups (broad SMARTS) is 1. The Kier molecular flexibility index (Phi) is 4.26. The highest BCUT2D eigenvalue weighted by molar-refractivity contribution is 5.78. The third-order valence-electron chi connectivity index (χ3n) is 2.44. The Morgan fingerprint density at radius 3 is 2.29 bits per heavy atom. The molecule has 1 unspecified atom stereocenters. The van der Waals surface area contributed by atoms with Gasteiger partial charge in [0.25, 0.3) is 0 Å². The number of carbonyl (C=O) groups excluding carboxylic acids is 1. The van der Waals surface area contributed by atoms with Crippen LogP contribution in [0.2, 0.25) is 0 Å². The summed E-state index contributed by atoms with van der Waals surface area (Å²) in [6.07, 6.45) is 0. The lowest BCUT2D eigenvalue weighted by molar-refractivity contribution is -0.140. The summed E-state index contributed by atoms with van der Waals surface area (Å²) >= 11 is 0. The van der Waals surface area contributed by atoms with Crippen LogP contribution in [0.4, 0.5) is 0 Å². The second-order valence-electron chi connectivity index (χ2n) is 4.19. The topological polar surface area (TPSA) is 63.6 Å². The van der Waals surface area contributed by atoms with E-state index in [0.717, 1.165) is 0 Å². The number of benzene rings is 1. The molecule has 1 aromatic rings. The van der Waals surface area contributed by atoms with Gasteiger partial charge >= 0.3 is 11.9 Å². The predicted octanol–water partition coefficient (Wildman–Crippen LogP) is 2.44. The van der Waals surface area contributed by atoms with Gasteiger partial charge in [-0.3, -0.25) is 9.59 Å². The Balaban J connectivity index is 3.18. The summed E-state index contributed by atoms with van der Waals surface area (Å²) in [5.74, 6) is -1.80. The minimum atomic E-state index is -0.917. The van der Waals surface area contributed by atoms with Crippen molar-refractivity contribution in [3.63, 3.8) is 0 Å². The maximum Gasteiger partial charge on any atom is 0.311 e. The summed E-state index contributed by atoms with van der Waals surface area (Å²) in [4.78, 5) is 22.2. The summed E-state index contributed by atoms with van der Waals surface area (Å²) in [6.45, 7) is 4.94. The molecule has 0 aliphatic carbocycles. The first kappa shape index (κ1) is 13.2. The van der Waals surface area contributed by atoms with Gasteiger partial charge in [-0.15, -0.1) is 0 Å². The molecular weight excluding hydrogens is 220 g/mol. The van der Waals surface area contributed by atoms with Crippen LogP contribution in [-0.4, -0.2) is 17.0 Å². The van der Waals surface area contributed by atoms with Crippen LogP contribution in [0.1, 0.15) is 32.3 Å². The first-order valence-corrected chi connectivity index (χ1v) is 5.43. The largest absolute Gasteiger partial charge is 0.481 e. The number of aliphatic carboxylic acids is 1. The highest BCUT2D eigenvalue weighted by atomic mass is 16.5. The summed E-state index contributed by atoms with van der Waals surface area (Å²) in [5.41, 5.74) is 0.533. The number of esters is 1. The smallest absolute Gasteiger partial charge is 0.311 e. The molecule has 0 aromatic heterocycles. The van der Waals surface area contributed by atoms with Crippen LogP contribution in [0.15, 0.2) is 24.3 Å². The number of ether oxygens (including phenoxy) is 1. The zero-order valence-electron chi connectivity index (χ0n) is 10.1. The fraction of sp³-hybridized carbons (Fsp3) is 0.385. The lowest BCUT2D eigenvalue weighted by atomic mass is 9.88. The van der Waals surface area contributed by atoms with Gasteiger partial charge in [0, 0.05) is 12.5 Å². The van der Waals surface area contributed by atoms with Gasteiger partial charge in [0.2, 0.25) is 0 Å². The zero-order valence-corrected chi connectivity index (χ0v) is 10.1. The van der Waals surface area contributed by atoms with Crippen molar-refractivity contribution >= 4 is 11.9 Å². The molecule has 17 heavy (non-hydrogen) atoms. The molecule has 0 aliphatic heterocycles. The second-order valence-corrected chi connectivity index (χ2v) is 4.19. The molecule has 0 fully saturated rings. The molecule has 92 valence electrons. The van der Waals surface area contributed by atoms with E-state index in [1.54, 1.807) is 24.3 Å². The van der Waals surface area contributed by atoms with E-state index in [4.69, 9.17) is 4.74 Å². The van der Waals surface area contributed by atoms with E-state index < -0.39 is 17.9 Å². The monoisotopic (exact) mass is 236 g/mol. The van der Waals surface area contributed by atoms with Gasteiger partial charge in [-0.05, 0) is 12.0 Å². The molecule has 0 saturated heterocycles. The van der Waals surface area contributed by atoms with Gasteiger partial charge in [0.1, 0.15) is 5.75 Å². The van der Waals surface area contributed by atoms with Crippen molar-refractivity contribution in [1.82, 2.24) is 0 Å². The van der Waals surface area contributed by atoms with E-state index in [9.17, 15) is 14.7 Å². The molecule has 0 amide bonds. The lowest BCUT2D eigenvalue weighted by Crippen LogP contribution is -2.19. The molecular formula is C13H16O4. The van der Waals surface area contributed by atoms with Crippen LogP contribution in [0.5, 0.6) is 5.75 Å². The third-order valence-corrected chi connectivity index (χ3v) is 2.44. The molecule has 4 nitrogen and oxygen atoms in total. The van der Waals surface area contributed by atoms with Gasteiger partial charge in [0.05, 0.1) is 5.92 Å². The van der Waals surface area contributed by atoms with Gasteiger partial charge in [-0.25, -0.2) is 0 Å². The van der Waals surface area contributed by atoms with Crippen LogP contribution in [-0.2, 0) is 9.59 Å². The number of hydrogen-bond acceptors (Lipinski definition) is 3. The number of carbonyl (C=O) groups is 2. The van der Waals surface area contributed by atoms with E-state index >= 15 is 0 Å². The maximum atomic E-state index is 11.2. The van der Waals surface area contributed by atoms with E-state index in [1.807, 2.05) is 13.8 Å². The third kappa shape index (κ3) is 3.31. The van der Waals surface area contributed by atoms with Crippen LogP contribution in [0.25, 0.3) is 0 Å². The molecule has 4 heteroatoms. The fourth-order valence-electron chi connectivity index (χ4n) is 1.76. The second kappa shape index (κ2) is 5.48. The SMILES string of the molecule is CC(=O)Oc1ccccc1C(C(=O)O)C(C)C. The number of carboxylic acids is 1. The highest BCUT2D eigenvalue weighted by Gasteiger charge is 2.26. The Morgan fingerprint density at radius 2 is 1.82 bits per heavy atom. The van der Waals surface area contributed by atoms with E-state index in [2.05, 4.69) is 0 Å². The Bertz CT molecular complexity index is 423. The first-order chi connectivity index (χ1) is 7.93. The molecule has 0 spiro atoms. The summed E-state index contributed by atoms with van der Waals surface area (Å²) in [6, 6.07) is 6.73. The van der Waals surface area contributed by atoms with Crippen molar-refractivity contribution in [1.29, 1.82) is 0 Å². The molecule has 0 bridgehead atoms. The van der Waals surface area contributed by atoms with Crippen molar-refractivity contribution < 1.29 is 19.4 Å². The van der Waals surface area contributed by atoms with Crippen LogP contribution in [0.3, 0.4) is 0 Å². The van der Waals surface area contributed by atoms with Gasteiger partial charge in [0.15, 0.2) is 0 Å². The number of para-hydroxylation sites is 1. The summed E-state index contributed by atoms with van der Waals surface area (Å²) < 4.78 is 5.02. The minimum absolute atomic E-state index is 0.0794. The highest BCUT2D eigenvalue weighted by Crippen LogP contribution is 2.32. The molecule has 1 N–H and O–H groups in total. The fourth-order valence-corrected chi connectivity index (χ4v) is 1.76. The maximum absolute atomic E-state index is 11.2. The van der Waals surface area contributed by atoms with Crippen molar-refractivity contribution in [2.24, 2.45) is 5.92 Å². The first-order valence-electron chi connectivity index (χ1n) is 5.43. The van der Waals surface area contributed by atoms with E-state index in [1.165, 1.54) is 6.92 Å². The molecule has 0 radical (unpaired) electrons. The standard InChI is InChI=1S/C13H16O4/c1-8(2)12(13(15)16)10-6-4-5-7-11(10)17-9(3)14/h4-8,12H,1-3H3,(H,15,16). The number of rotatable bonds is 4. The van der Waals surface area contributed by atoms with Crippen molar-refractivity contribution in [2.45, 2.75) is 26.7 Å². The molecule has 0 saturated carbocycles. The van der Waals surface area contributed by atoms with Gasteiger partial charge < -0.3 is 9.84 Å². The normalized spacial score (nSPS) is 12.2. The Morgan fingerprint density at radius 1 is 1.24 bits per heavy atom. The van der Waals surface area contributed by atoms with Gasteiger partial charge in [-0.2, -0.15) is 0 Å². The van der Waals surface area contributed by atoms with E-state index in [-0.39, 0.29) is 5.92 Å². The average Bonchev–Trinajstić information content (AvgIpc) is 2.18. The van der Waals surface area contributed by atoms with Gasteiger partial charge in [-0.1, -0.05) is 32.0 Å². The van der Waals surface area contributed by atoms with Crippen LogP contribution < -0.4 is 4.74 Å². The minimum Gasteiger partial charge on any atom is -0.481 e.